The van der Waals surface area contributed by atoms with Crippen LogP contribution in [0.15, 0.2) is 0 Å². The monoisotopic (exact) mass is 929 g/mol. The molecule has 0 radical (unpaired) electrons. The molecule has 25 nitrogen and oxygen atoms in total. The van der Waals surface area contributed by atoms with Gasteiger partial charge in [0.05, 0.1) is 63.8 Å². The molecular weight excluding hydrogens is 858 g/mol. The van der Waals surface area contributed by atoms with Crippen molar-refractivity contribution in [1.29, 1.82) is 0 Å². The fourth-order valence-electron chi connectivity index (χ4n) is 7.38. The van der Waals surface area contributed by atoms with Gasteiger partial charge in [0, 0.05) is 45.2 Å². The Labute approximate surface area is 370 Å². The van der Waals surface area contributed by atoms with E-state index in [4.69, 9.17) is 23.7 Å². The first kappa shape index (κ1) is 55.5. The van der Waals surface area contributed by atoms with Crippen LogP contribution in [0, 0.1) is 5.92 Å². The second-order valence-electron chi connectivity index (χ2n) is 16.3. The predicted molar refractivity (Wildman–Crippen MR) is 217 cm³/mol. The zero-order valence-electron chi connectivity index (χ0n) is 36.3. The van der Waals surface area contributed by atoms with Crippen LogP contribution in [0.25, 0.3) is 0 Å². The van der Waals surface area contributed by atoms with E-state index in [1.54, 1.807) is 0 Å². The molecule has 372 valence electrons. The molecule has 3 aliphatic rings. The molecule has 0 aromatic heterocycles. The predicted octanol–water partition coefficient (Wildman–Crippen LogP) is -7.77. The number of amides is 4. The minimum atomic E-state index is -1.77. The molecule has 0 aromatic rings. The van der Waals surface area contributed by atoms with E-state index in [0.717, 1.165) is 0 Å². The molecule has 1 aliphatic carbocycles. The van der Waals surface area contributed by atoms with Gasteiger partial charge in [-0.3, -0.25) is 24.1 Å². The average molecular weight is 930 g/mol. The van der Waals surface area contributed by atoms with Gasteiger partial charge in [-0.25, -0.2) is 0 Å². The fourth-order valence-corrected chi connectivity index (χ4v) is 7.38. The molecule has 2 saturated heterocycles. The number of hydrogen-bond acceptors (Lipinski definition) is 21. The van der Waals surface area contributed by atoms with E-state index in [2.05, 4.69) is 21.3 Å². The number of aliphatic hydroxyl groups excluding tert-OH is 11. The third kappa shape index (κ3) is 17.4. The first-order valence-corrected chi connectivity index (χ1v) is 21.7. The zero-order chi connectivity index (χ0) is 47.5. The van der Waals surface area contributed by atoms with Crippen LogP contribution < -0.4 is 21.3 Å². The third-order valence-corrected chi connectivity index (χ3v) is 11.2. The Morgan fingerprint density at radius 1 is 0.625 bits per heavy atom. The zero-order valence-corrected chi connectivity index (χ0v) is 36.3. The summed E-state index contributed by atoms with van der Waals surface area (Å²) in [5.74, 6) is -2.77. The van der Waals surface area contributed by atoms with Gasteiger partial charge < -0.3 is 101 Å². The van der Waals surface area contributed by atoms with Crippen LogP contribution in [0.5, 0.6) is 0 Å². The molecule has 64 heavy (non-hydrogen) atoms. The van der Waals surface area contributed by atoms with Gasteiger partial charge in [0.2, 0.25) is 23.6 Å². The van der Waals surface area contributed by atoms with Crippen molar-refractivity contribution < 1.29 is 99.0 Å². The van der Waals surface area contributed by atoms with Crippen LogP contribution in [0.4, 0.5) is 0 Å². The van der Waals surface area contributed by atoms with Gasteiger partial charge in [0.15, 0.2) is 12.6 Å². The van der Waals surface area contributed by atoms with Crippen molar-refractivity contribution in [3.05, 3.63) is 0 Å². The van der Waals surface area contributed by atoms with Crippen LogP contribution in [-0.4, -0.2) is 249 Å². The second-order valence-corrected chi connectivity index (χ2v) is 16.3. The van der Waals surface area contributed by atoms with Gasteiger partial charge in [0.1, 0.15) is 54.9 Å². The van der Waals surface area contributed by atoms with Crippen LogP contribution >= 0.6 is 0 Å². The molecule has 0 bridgehead atoms. The maximum atomic E-state index is 13.6. The number of unbranched alkanes of at least 4 members (excludes halogenated alkanes) is 2. The molecule has 25 heteroatoms. The van der Waals surface area contributed by atoms with Crippen LogP contribution in [0.1, 0.15) is 52.4 Å². The van der Waals surface area contributed by atoms with E-state index in [9.17, 15) is 75.3 Å². The minimum absolute atomic E-state index is 0.0155. The summed E-state index contributed by atoms with van der Waals surface area (Å²) >= 11 is 0. The molecule has 1 saturated carbocycles. The van der Waals surface area contributed by atoms with Gasteiger partial charge in [0.25, 0.3) is 0 Å². The Hall–Kier alpha value is -2.80. The van der Waals surface area contributed by atoms with E-state index in [0.29, 0.717) is 32.2 Å². The summed E-state index contributed by atoms with van der Waals surface area (Å²) in [6, 6.07) is -0.995. The number of hydrogen-bond donors (Lipinski definition) is 15. The van der Waals surface area contributed by atoms with Crippen LogP contribution in [0.2, 0.25) is 0 Å². The van der Waals surface area contributed by atoms with E-state index in [1.165, 1.54) is 11.8 Å². The molecule has 2 aliphatic heterocycles. The lowest BCUT2D eigenvalue weighted by Crippen LogP contribution is -2.59. The van der Waals surface area contributed by atoms with Crippen molar-refractivity contribution in [3.63, 3.8) is 0 Å². The summed E-state index contributed by atoms with van der Waals surface area (Å²) in [5, 5.41) is 122. The van der Waals surface area contributed by atoms with E-state index < -0.39 is 155 Å². The lowest BCUT2D eigenvalue weighted by molar-refractivity contribution is -0.302. The van der Waals surface area contributed by atoms with Crippen molar-refractivity contribution in [2.75, 3.05) is 72.3 Å². The number of rotatable bonds is 27. The SMILES string of the molecule is CCNC(=O)CCCCCNC(=O)CN(CC(=O)NCCO[C@@H]1O[C@@H](C)[C@@H](O)[C@@H](O)[C@@H]1O)CC(=O)NC(CCO[C@H]1C[C@H](CO)[C@@H](O)[C@H](O)[C@@H]1O)CO[C@H]1O[C@H](CO)[C@@H](O)[C@H](O)[C@@H]1O. The third-order valence-electron chi connectivity index (χ3n) is 11.2. The summed E-state index contributed by atoms with van der Waals surface area (Å²) in [7, 11) is 0. The Kier molecular flexibility index (Phi) is 24.6. The van der Waals surface area contributed by atoms with Crippen molar-refractivity contribution >= 4 is 23.6 Å². The summed E-state index contributed by atoms with van der Waals surface area (Å²) in [4.78, 5) is 52.7. The highest BCUT2D eigenvalue weighted by molar-refractivity contribution is 5.84. The topological polar surface area (TPSA) is 388 Å². The largest absolute Gasteiger partial charge is 0.396 e. The number of nitrogens with one attached hydrogen (secondary N) is 4. The van der Waals surface area contributed by atoms with E-state index in [1.807, 2.05) is 6.92 Å². The first-order chi connectivity index (χ1) is 30.4. The minimum Gasteiger partial charge on any atom is -0.396 e. The molecule has 4 amide bonds. The van der Waals surface area contributed by atoms with Crippen LogP contribution in [0.3, 0.4) is 0 Å². The highest BCUT2D eigenvalue weighted by Crippen LogP contribution is 2.28. The number of nitrogens with zero attached hydrogens (tertiary/aromatic N) is 1. The average Bonchev–Trinajstić information content (AvgIpc) is 3.25. The van der Waals surface area contributed by atoms with Gasteiger partial charge in [-0.1, -0.05) is 6.42 Å². The summed E-state index contributed by atoms with van der Waals surface area (Å²) in [5.41, 5.74) is 0. The first-order valence-electron chi connectivity index (χ1n) is 21.7. The van der Waals surface area contributed by atoms with Crippen molar-refractivity contribution in [2.24, 2.45) is 5.92 Å². The Morgan fingerprint density at radius 3 is 1.88 bits per heavy atom. The maximum Gasteiger partial charge on any atom is 0.234 e. The lowest BCUT2D eigenvalue weighted by Gasteiger charge is -2.40. The Balaban J connectivity index is 1.66. The number of aliphatic hydroxyl groups is 11. The Bertz CT molecular complexity index is 1400. The molecule has 16 atom stereocenters. The smallest absolute Gasteiger partial charge is 0.234 e. The molecule has 0 aromatic carbocycles. The number of carbonyl (C=O) groups excluding carboxylic acids is 4. The van der Waals surface area contributed by atoms with E-state index >= 15 is 0 Å². The second kappa shape index (κ2) is 28.4. The molecule has 3 fully saturated rings. The molecule has 3 rings (SSSR count). The molecule has 15 N–H and O–H groups in total. The maximum absolute atomic E-state index is 13.6. The van der Waals surface area contributed by atoms with Crippen LogP contribution in [-0.2, 0) is 42.9 Å². The lowest BCUT2D eigenvalue weighted by atomic mass is 9.81. The van der Waals surface area contributed by atoms with Crippen molar-refractivity contribution in [3.8, 4) is 0 Å². The van der Waals surface area contributed by atoms with E-state index in [-0.39, 0.29) is 45.1 Å². The summed E-state index contributed by atoms with van der Waals surface area (Å²) < 4.78 is 27.7. The van der Waals surface area contributed by atoms with Crippen molar-refractivity contribution in [2.45, 2.75) is 144 Å². The summed E-state index contributed by atoms with van der Waals surface area (Å²) in [6.45, 7) is 0.450. The highest BCUT2D eigenvalue weighted by Gasteiger charge is 2.45. The standard InChI is InChI=1S/C39H71N5O20/c1-3-40-25(47)7-5-4-6-9-41-26(48)14-44(15-27(49)42-10-12-61-38-36(58)33(55)29(51)20(2)63-38)16-28(50)43-22(19-62-39-37(59)35(57)32(54)24(18-46)64-39)8-11-60-23-13-21(17-45)30(52)34(56)31(23)53/h20-24,29-39,45-46,51-59H,3-19H2,1-2H3,(H,40,47)(H,41,48)(H,42,49)(H,43,50)/t20-,21+,22?,23-,24+,29+,30+,31+,32+,33+,34-,35-,36-,37-,38+,39-/m0/s1. The van der Waals surface area contributed by atoms with Gasteiger partial charge >= 0.3 is 0 Å². The number of carbonyl (C=O) groups is 4. The molecule has 2 heterocycles. The molecule has 0 spiro atoms. The highest BCUT2D eigenvalue weighted by atomic mass is 16.7. The van der Waals surface area contributed by atoms with Gasteiger partial charge in [-0.15, -0.1) is 0 Å². The molecule has 1 unspecified atom stereocenters. The van der Waals surface area contributed by atoms with Gasteiger partial charge in [-0.2, -0.15) is 0 Å². The Morgan fingerprint density at radius 2 is 1.23 bits per heavy atom. The quantitative estimate of drug-likeness (QED) is 0.0340. The summed E-state index contributed by atoms with van der Waals surface area (Å²) in [6.07, 6.45) is -18.1. The van der Waals surface area contributed by atoms with Crippen molar-refractivity contribution in [1.82, 2.24) is 26.2 Å². The number of ether oxygens (including phenoxy) is 5. The fraction of sp³-hybridized carbons (Fsp3) is 0.897. The molecular formula is C39H71N5O20. The van der Waals surface area contributed by atoms with Gasteiger partial charge in [-0.05, 0) is 39.5 Å². The normalized spacial score (nSPS) is 33.6.